The van der Waals surface area contributed by atoms with E-state index in [4.69, 9.17) is 0 Å². The van der Waals surface area contributed by atoms with Gasteiger partial charge in [0.05, 0.1) is 11.4 Å². The van der Waals surface area contributed by atoms with Crippen molar-refractivity contribution in [3.05, 3.63) is 72.9 Å². The number of fused-ring (bicyclic) bond motifs is 2. The number of nitrogens with one attached hydrogen (secondary N) is 2. The van der Waals surface area contributed by atoms with E-state index in [0.29, 0.717) is 28.2 Å². The van der Waals surface area contributed by atoms with Gasteiger partial charge in [0.2, 0.25) is 5.91 Å². The van der Waals surface area contributed by atoms with Gasteiger partial charge in [-0.1, -0.05) is 54.2 Å². The molecule has 33 heavy (non-hydrogen) atoms. The lowest BCUT2D eigenvalue weighted by Gasteiger charge is -2.17. The molecule has 2 heterocycles. The van der Waals surface area contributed by atoms with Gasteiger partial charge in [0.25, 0.3) is 10.0 Å². The molecule has 0 radical (unpaired) electrons. The molecule has 7 nitrogen and oxygen atoms in total. The van der Waals surface area contributed by atoms with Crippen LogP contribution in [0.5, 0.6) is 0 Å². The topological polar surface area (TPSA) is 92.6 Å². The van der Waals surface area contributed by atoms with Gasteiger partial charge in [0.15, 0.2) is 5.17 Å². The molecule has 1 amide bonds. The molecule has 0 aliphatic carbocycles. The number of carbonyl (C=O) groups excluding carboxylic acids is 1. The van der Waals surface area contributed by atoms with Crippen LogP contribution in [0, 0.1) is 0 Å². The molecule has 1 aliphatic rings. The first-order valence-corrected chi connectivity index (χ1v) is 13.0. The first-order chi connectivity index (χ1) is 15.9. The fourth-order valence-corrected chi connectivity index (χ4v) is 6.25. The van der Waals surface area contributed by atoms with Crippen LogP contribution in [0.1, 0.15) is 13.0 Å². The summed E-state index contributed by atoms with van der Waals surface area (Å²) in [5, 5.41) is 5.64. The summed E-state index contributed by atoms with van der Waals surface area (Å²) >= 11 is 1.38. The molecule has 1 aromatic heterocycles. The van der Waals surface area contributed by atoms with Crippen molar-refractivity contribution in [2.45, 2.75) is 17.9 Å². The Bertz CT molecular complexity index is 1510. The number of nitrogens with zero attached hydrogens (tertiary/aromatic N) is 2. The van der Waals surface area contributed by atoms with E-state index < -0.39 is 16.1 Å². The molecule has 1 unspecified atom stereocenters. The zero-order valence-corrected chi connectivity index (χ0v) is 19.5. The van der Waals surface area contributed by atoms with E-state index in [2.05, 4.69) is 15.0 Å². The molecule has 0 spiro atoms. The predicted molar refractivity (Wildman–Crippen MR) is 134 cm³/mol. The first kappa shape index (κ1) is 21.5. The van der Waals surface area contributed by atoms with Crippen molar-refractivity contribution in [3.8, 4) is 0 Å². The maximum atomic E-state index is 13.1. The Hall–Kier alpha value is -3.30. The highest BCUT2D eigenvalue weighted by Crippen LogP contribution is 2.30. The van der Waals surface area contributed by atoms with Gasteiger partial charge >= 0.3 is 0 Å². The molecule has 9 heteroatoms. The van der Waals surface area contributed by atoms with Crippen molar-refractivity contribution in [1.82, 2.24) is 9.29 Å². The zero-order chi connectivity index (χ0) is 23.0. The molecule has 4 aromatic rings. The summed E-state index contributed by atoms with van der Waals surface area (Å²) in [5.41, 5.74) is 1.54. The summed E-state index contributed by atoms with van der Waals surface area (Å²) in [6.07, 6.45) is 1.90. The standard InChI is InChI=1S/C24H22N4O3S2/c1-16(28-14-12-17-6-2-3-10-21(17)28)23(29)26-20-9-4-8-19-18(20)7-5-11-22(19)33(30,31)27-24-25-13-15-32-24/h2-12,14,16H,13,15H2,1H3,(H,25,27)(H,26,29). The van der Waals surface area contributed by atoms with Gasteiger partial charge in [-0.15, -0.1) is 0 Å². The summed E-state index contributed by atoms with van der Waals surface area (Å²) in [6, 6.07) is 19.7. The highest BCUT2D eigenvalue weighted by atomic mass is 32.2. The minimum atomic E-state index is -3.81. The van der Waals surface area contributed by atoms with Gasteiger partial charge in [-0.05, 0) is 36.6 Å². The molecule has 0 saturated carbocycles. The van der Waals surface area contributed by atoms with Crippen LogP contribution in [0.15, 0.2) is 82.8 Å². The summed E-state index contributed by atoms with van der Waals surface area (Å²) in [4.78, 5) is 17.5. The van der Waals surface area contributed by atoms with Gasteiger partial charge in [0.1, 0.15) is 6.04 Å². The molecule has 168 valence electrons. The largest absolute Gasteiger partial charge is 0.335 e. The number of para-hydroxylation sites is 1. The average Bonchev–Trinajstić information content (AvgIpc) is 3.48. The summed E-state index contributed by atoms with van der Waals surface area (Å²) < 4.78 is 30.6. The van der Waals surface area contributed by atoms with Gasteiger partial charge in [-0.25, -0.2) is 8.42 Å². The van der Waals surface area contributed by atoms with Gasteiger partial charge in [-0.3, -0.25) is 14.5 Å². The molecule has 5 rings (SSSR count). The fourth-order valence-electron chi connectivity index (χ4n) is 4.00. The number of aromatic nitrogens is 1. The number of benzene rings is 3. The fraction of sp³-hybridized carbons (Fsp3) is 0.167. The van der Waals surface area contributed by atoms with Crippen molar-refractivity contribution in [2.75, 3.05) is 17.6 Å². The summed E-state index contributed by atoms with van der Waals surface area (Å²) in [6.45, 7) is 2.44. The Balaban J connectivity index is 1.47. The van der Waals surface area contributed by atoms with Gasteiger partial charge in [0, 0.05) is 33.9 Å². The lowest BCUT2D eigenvalue weighted by Crippen LogP contribution is -2.27. The van der Waals surface area contributed by atoms with E-state index in [1.54, 1.807) is 30.3 Å². The van der Waals surface area contributed by atoms with E-state index in [0.717, 1.165) is 16.7 Å². The number of hydrogen-bond donors (Lipinski definition) is 2. The van der Waals surface area contributed by atoms with Crippen LogP contribution in [-0.2, 0) is 14.8 Å². The van der Waals surface area contributed by atoms with Crippen molar-refractivity contribution in [1.29, 1.82) is 0 Å². The van der Waals surface area contributed by atoms with Crippen LogP contribution in [0.4, 0.5) is 5.69 Å². The Labute approximate surface area is 195 Å². The lowest BCUT2D eigenvalue weighted by atomic mass is 10.1. The van der Waals surface area contributed by atoms with Crippen molar-refractivity contribution in [2.24, 2.45) is 4.99 Å². The van der Waals surface area contributed by atoms with Crippen molar-refractivity contribution in [3.63, 3.8) is 0 Å². The number of anilines is 1. The van der Waals surface area contributed by atoms with E-state index in [1.807, 2.05) is 54.1 Å². The Morgan fingerprint density at radius 3 is 2.64 bits per heavy atom. The van der Waals surface area contributed by atoms with E-state index in [1.165, 1.54) is 11.8 Å². The predicted octanol–water partition coefficient (Wildman–Crippen LogP) is 4.38. The molecular weight excluding hydrogens is 456 g/mol. The van der Waals surface area contributed by atoms with Crippen LogP contribution in [0.2, 0.25) is 0 Å². The third kappa shape index (κ3) is 4.09. The summed E-state index contributed by atoms with van der Waals surface area (Å²) in [7, 11) is -3.81. The maximum absolute atomic E-state index is 13.1. The quantitative estimate of drug-likeness (QED) is 0.445. The van der Waals surface area contributed by atoms with E-state index in [9.17, 15) is 13.2 Å². The number of hydrogen-bond acceptors (Lipinski definition) is 5. The summed E-state index contributed by atoms with van der Waals surface area (Å²) in [5.74, 6) is 0.574. The molecule has 1 atom stereocenters. The number of amides is 1. The highest BCUT2D eigenvalue weighted by molar-refractivity contribution is 8.15. The minimum absolute atomic E-state index is 0.149. The minimum Gasteiger partial charge on any atom is -0.335 e. The van der Waals surface area contributed by atoms with Crippen molar-refractivity contribution < 1.29 is 13.2 Å². The van der Waals surface area contributed by atoms with Crippen LogP contribution in [0.3, 0.4) is 0 Å². The van der Waals surface area contributed by atoms with Gasteiger partial charge < -0.3 is 9.88 Å². The number of amidine groups is 1. The molecule has 2 N–H and O–H groups in total. The number of sulfonamides is 1. The Kier molecular flexibility index (Phi) is 5.59. The lowest BCUT2D eigenvalue weighted by molar-refractivity contribution is -0.118. The average molecular weight is 479 g/mol. The zero-order valence-electron chi connectivity index (χ0n) is 17.9. The molecule has 3 aromatic carbocycles. The smallest absolute Gasteiger partial charge is 0.264 e. The normalized spacial score (nSPS) is 14.9. The molecular formula is C24H22N4O3S2. The first-order valence-electron chi connectivity index (χ1n) is 10.5. The van der Waals surface area contributed by atoms with Crippen LogP contribution >= 0.6 is 11.8 Å². The van der Waals surface area contributed by atoms with Crippen molar-refractivity contribution >= 4 is 60.2 Å². The third-order valence-corrected chi connectivity index (χ3v) is 8.08. The van der Waals surface area contributed by atoms with Gasteiger partial charge in [-0.2, -0.15) is 0 Å². The van der Waals surface area contributed by atoms with E-state index >= 15 is 0 Å². The molecule has 0 bridgehead atoms. The Morgan fingerprint density at radius 1 is 1.03 bits per heavy atom. The third-order valence-electron chi connectivity index (χ3n) is 5.66. The number of thioether (sulfide) groups is 1. The molecule has 0 saturated heterocycles. The number of aliphatic imine (C=N–C) groups is 1. The highest BCUT2D eigenvalue weighted by Gasteiger charge is 2.22. The molecule has 0 fully saturated rings. The van der Waals surface area contributed by atoms with Crippen LogP contribution in [0.25, 0.3) is 21.7 Å². The maximum Gasteiger partial charge on any atom is 0.264 e. The second-order valence-electron chi connectivity index (χ2n) is 7.74. The second-order valence-corrected chi connectivity index (χ2v) is 10.5. The van der Waals surface area contributed by atoms with Crippen LogP contribution in [-0.4, -0.2) is 36.4 Å². The number of rotatable bonds is 5. The molecule has 1 aliphatic heterocycles. The van der Waals surface area contributed by atoms with Crippen LogP contribution < -0.4 is 10.0 Å². The van der Waals surface area contributed by atoms with E-state index in [-0.39, 0.29) is 10.8 Å². The number of carbonyl (C=O) groups is 1. The monoisotopic (exact) mass is 478 g/mol. The SMILES string of the molecule is CC(C(=O)Nc1cccc2c(S(=O)(=O)NC3=NCCS3)cccc12)n1ccc2ccccc21. The second kappa shape index (κ2) is 8.57. The Morgan fingerprint density at radius 2 is 1.82 bits per heavy atom.